The van der Waals surface area contributed by atoms with Crippen molar-refractivity contribution in [2.45, 2.75) is 37.2 Å². The third kappa shape index (κ3) is 6.93. The number of hydrogen-bond acceptors (Lipinski definition) is 4. The number of amides is 2. The Labute approximate surface area is 158 Å². The van der Waals surface area contributed by atoms with Gasteiger partial charge >= 0.3 is 5.51 Å². The molecule has 144 valence electrons. The van der Waals surface area contributed by atoms with E-state index in [2.05, 4.69) is 15.6 Å². The van der Waals surface area contributed by atoms with E-state index in [1.165, 1.54) is 30.3 Å². The average molecular weight is 397 g/mol. The molecule has 0 aliphatic rings. The lowest BCUT2D eigenvalue weighted by atomic mass is 10.2. The summed E-state index contributed by atoms with van der Waals surface area (Å²) in [6, 6.07) is 8.82. The zero-order valence-electron chi connectivity index (χ0n) is 14.7. The fourth-order valence-corrected chi connectivity index (χ4v) is 2.73. The lowest BCUT2D eigenvalue weighted by Gasteiger charge is -2.10. The summed E-state index contributed by atoms with van der Waals surface area (Å²) in [7, 11) is 0. The van der Waals surface area contributed by atoms with E-state index in [0.29, 0.717) is 29.1 Å². The molecule has 2 aromatic rings. The molecule has 0 bridgehead atoms. The maximum Gasteiger partial charge on any atom is 0.446 e. The highest BCUT2D eigenvalue weighted by atomic mass is 32.2. The van der Waals surface area contributed by atoms with Crippen LogP contribution in [0.3, 0.4) is 0 Å². The lowest BCUT2D eigenvalue weighted by Crippen LogP contribution is -2.23. The second kappa shape index (κ2) is 8.90. The number of benzene rings is 1. The van der Waals surface area contributed by atoms with Crippen LogP contribution in [0.4, 0.5) is 19.0 Å². The first kappa shape index (κ1) is 20.8. The highest BCUT2D eigenvalue weighted by molar-refractivity contribution is 8.00. The molecule has 0 aliphatic carbocycles. The standard InChI is InChI=1S/C18H18F3N3O2S/c1-3-16(25)24-15-9-13(8-11(2)23-15)17(26)22-10-12-4-6-14(7-5-12)27-18(19,20)21/h4-9H,3,10H2,1-2H3,(H,22,26)(H,23,24,25). The van der Waals surface area contributed by atoms with Crippen LogP contribution >= 0.6 is 11.8 Å². The summed E-state index contributed by atoms with van der Waals surface area (Å²) in [5.41, 5.74) is -2.76. The number of anilines is 1. The number of thioether (sulfide) groups is 1. The average Bonchev–Trinajstić information content (AvgIpc) is 2.59. The predicted molar refractivity (Wildman–Crippen MR) is 97.4 cm³/mol. The van der Waals surface area contributed by atoms with Crippen LogP contribution < -0.4 is 10.6 Å². The molecule has 1 aromatic heterocycles. The summed E-state index contributed by atoms with van der Waals surface area (Å²) >= 11 is -0.188. The van der Waals surface area contributed by atoms with E-state index in [-0.39, 0.29) is 35.0 Å². The molecule has 1 heterocycles. The third-order valence-electron chi connectivity index (χ3n) is 3.41. The number of rotatable bonds is 6. The number of aromatic nitrogens is 1. The van der Waals surface area contributed by atoms with Crippen LogP contribution in [0.15, 0.2) is 41.3 Å². The van der Waals surface area contributed by atoms with Gasteiger partial charge in [-0.25, -0.2) is 4.98 Å². The van der Waals surface area contributed by atoms with Crippen molar-refractivity contribution in [3.8, 4) is 0 Å². The predicted octanol–water partition coefficient (Wildman–Crippen LogP) is 4.28. The van der Waals surface area contributed by atoms with Gasteiger partial charge in [0.1, 0.15) is 5.82 Å². The maximum atomic E-state index is 12.3. The highest BCUT2D eigenvalue weighted by Crippen LogP contribution is 2.36. The minimum atomic E-state index is -4.33. The highest BCUT2D eigenvalue weighted by Gasteiger charge is 2.28. The molecule has 27 heavy (non-hydrogen) atoms. The number of carbonyl (C=O) groups is 2. The molecule has 2 N–H and O–H groups in total. The largest absolute Gasteiger partial charge is 0.446 e. The van der Waals surface area contributed by atoms with Gasteiger partial charge in [-0.3, -0.25) is 9.59 Å². The smallest absolute Gasteiger partial charge is 0.348 e. The first-order valence-electron chi connectivity index (χ1n) is 8.07. The third-order valence-corrected chi connectivity index (χ3v) is 4.15. The summed E-state index contributed by atoms with van der Waals surface area (Å²) in [5.74, 6) is -0.293. The van der Waals surface area contributed by atoms with Gasteiger partial charge in [-0.05, 0) is 48.5 Å². The molecule has 0 saturated carbocycles. The van der Waals surface area contributed by atoms with Gasteiger partial charge in [0.15, 0.2) is 0 Å². The Morgan fingerprint density at radius 1 is 1.15 bits per heavy atom. The topological polar surface area (TPSA) is 71.1 Å². The van der Waals surface area contributed by atoms with Gasteiger partial charge < -0.3 is 10.6 Å². The Bertz CT molecular complexity index is 824. The Morgan fingerprint density at radius 2 is 1.81 bits per heavy atom. The van der Waals surface area contributed by atoms with Gasteiger partial charge in [-0.2, -0.15) is 13.2 Å². The molecule has 0 unspecified atom stereocenters. The number of carbonyl (C=O) groups excluding carboxylic acids is 2. The quantitative estimate of drug-likeness (QED) is 0.714. The molecular weight excluding hydrogens is 379 g/mol. The zero-order chi connectivity index (χ0) is 20.0. The first-order chi connectivity index (χ1) is 12.7. The Morgan fingerprint density at radius 3 is 2.41 bits per heavy atom. The lowest BCUT2D eigenvalue weighted by molar-refractivity contribution is -0.115. The summed E-state index contributed by atoms with van der Waals surface area (Å²) in [6.07, 6.45) is 0.291. The van der Waals surface area contributed by atoms with Gasteiger partial charge in [-0.15, -0.1) is 0 Å². The number of alkyl halides is 3. The Kier molecular flexibility index (Phi) is 6.84. The van der Waals surface area contributed by atoms with Crippen LogP contribution in [0.5, 0.6) is 0 Å². The van der Waals surface area contributed by atoms with Crippen LogP contribution in [0.25, 0.3) is 0 Å². The van der Waals surface area contributed by atoms with Gasteiger partial charge in [0.25, 0.3) is 5.91 Å². The van der Waals surface area contributed by atoms with Crippen molar-refractivity contribution in [2.24, 2.45) is 0 Å². The molecule has 0 spiro atoms. The van der Waals surface area contributed by atoms with Crippen molar-refractivity contribution >= 4 is 29.4 Å². The van der Waals surface area contributed by atoms with Crippen LogP contribution in [0, 0.1) is 6.92 Å². The van der Waals surface area contributed by atoms with Gasteiger partial charge in [0.05, 0.1) is 0 Å². The van der Waals surface area contributed by atoms with Crippen molar-refractivity contribution < 1.29 is 22.8 Å². The van der Waals surface area contributed by atoms with E-state index in [9.17, 15) is 22.8 Å². The molecule has 0 radical (unpaired) electrons. The van der Waals surface area contributed by atoms with Crippen molar-refractivity contribution in [1.29, 1.82) is 0 Å². The first-order valence-corrected chi connectivity index (χ1v) is 8.89. The second-order valence-corrected chi connectivity index (χ2v) is 6.80. The van der Waals surface area contributed by atoms with Crippen molar-refractivity contribution in [3.05, 3.63) is 53.2 Å². The molecule has 9 heteroatoms. The SMILES string of the molecule is CCC(=O)Nc1cc(C(=O)NCc2ccc(SC(F)(F)F)cc2)cc(C)n1. The van der Waals surface area contributed by atoms with Crippen molar-refractivity contribution in [1.82, 2.24) is 10.3 Å². The molecule has 1 aromatic carbocycles. The van der Waals surface area contributed by atoms with E-state index in [4.69, 9.17) is 0 Å². The number of aryl methyl sites for hydroxylation is 1. The maximum absolute atomic E-state index is 12.3. The van der Waals surface area contributed by atoms with E-state index >= 15 is 0 Å². The van der Waals surface area contributed by atoms with Crippen LogP contribution in [-0.2, 0) is 11.3 Å². The van der Waals surface area contributed by atoms with E-state index < -0.39 is 5.51 Å². The molecule has 0 fully saturated rings. The summed E-state index contributed by atoms with van der Waals surface area (Å²) in [6.45, 7) is 3.57. The number of nitrogens with zero attached hydrogens (tertiary/aromatic N) is 1. The number of hydrogen-bond donors (Lipinski definition) is 2. The van der Waals surface area contributed by atoms with Gasteiger partial charge in [0, 0.05) is 29.1 Å². The zero-order valence-corrected chi connectivity index (χ0v) is 15.5. The Balaban J connectivity index is 2.00. The van der Waals surface area contributed by atoms with E-state index in [1.54, 1.807) is 19.9 Å². The molecule has 2 rings (SSSR count). The molecular formula is C18H18F3N3O2S. The molecule has 0 atom stereocenters. The van der Waals surface area contributed by atoms with E-state index in [0.717, 1.165) is 0 Å². The summed E-state index contributed by atoms with van der Waals surface area (Å²) in [4.78, 5) is 28.0. The monoisotopic (exact) mass is 397 g/mol. The second-order valence-electron chi connectivity index (χ2n) is 5.66. The minimum Gasteiger partial charge on any atom is -0.348 e. The van der Waals surface area contributed by atoms with E-state index in [1.807, 2.05) is 0 Å². The molecule has 0 saturated heterocycles. The van der Waals surface area contributed by atoms with Gasteiger partial charge in [0.2, 0.25) is 5.91 Å². The van der Waals surface area contributed by atoms with Crippen LogP contribution in [-0.4, -0.2) is 22.3 Å². The fourth-order valence-electron chi connectivity index (χ4n) is 2.19. The summed E-state index contributed by atoms with van der Waals surface area (Å²) < 4.78 is 37.0. The normalized spacial score (nSPS) is 11.1. The van der Waals surface area contributed by atoms with Crippen molar-refractivity contribution in [3.63, 3.8) is 0 Å². The minimum absolute atomic E-state index is 0.0821. The number of halogens is 3. The van der Waals surface area contributed by atoms with Gasteiger partial charge in [-0.1, -0.05) is 19.1 Å². The molecule has 2 amide bonds. The number of pyridine rings is 1. The number of nitrogens with one attached hydrogen (secondary N) is 2. The molecule has 5 nitrogen and oxygen atoms in total. The van der Waals surface area contributed by atoms with Crippen LogP contribution in [0.2, 0.25) is 0 Å². The summed E-state index contributed by atoms with van der Waals surface area (Å²) in [5, 5.41) is 5.30. The van der Waals surface area contributed by atoms with Crippen LogP contribution in [0.1, 0.15) is 35.0 Å². The van der Waals surface area contributed by atoms with Crippen molar-refractivity contribution in [2.75, 3.05) is 5.32 Å². The fraction of sp³-hybridized carbons (Fsp3) is 0.278. The molecule has 0 aliphatic heterocycles. The Hall–Kier alpha value is -2.55.